The Balaban J connectivity index is 1.83. The lowest BCUT2D eigenvalue weighted by Crippen LogP contribution is -2.53. The lowest BCUT2D eigenvalue weighted by Gasteiger charge is -2.34. The van der Waals surface area contributed by atoms with Crippen LogP contribution in [0.2, 0.25) is 0 Å². The summed E-state index contributed by atoms with van der Waals surface area (Å²) in [5.41, 5.74) is 2.89. The number of anilines is 1. The highest BCUT2D eigenvalue weighted by Crippen LogP contribution is 2.34. The number of benzene rings is 4. The van der Waals surface area contributed by atoms with Crippen molar-refractivity contribution in [3.63, 3.8) is 0 Å². The Morgan fingerprint density at radius 3 is 2.04 bits per heavy atom. The van der Waals surface area contributed by atoms with Gasteiger partial charge in [0.15, 0.2) is 11.5 Å². The molecular weight excluding hydrogens is 614 g/mol. The first-order chi connectivity index (χ1) is 22.5. The van der Waals surface area contributed by atoms with Crippen LogP contribution in [0, 0.1) is 12.8 Å². The fraction of sp³-hybridized carbons (Fsp3) is 0.297. The average molecular weight is 658 g/mol. The van der Waals surface area contributed by atoms with Gasteiger partial charge in [0.05, 0.1) is 24.8 Å². The van der Waals surface area contributed by atoms with Crippen molar-refractivity contribution < 1.29 is 27.5 Å². The summed E-state index contributed by atoms with van der Waals surface area (Å²) in [6.45, 7) is 5.91. The van der Waals surface area contributed by atoms with E-state index in [0.29, 0.717) is 18.0 Å². The van der Waals surface area contributed by atoms with Crippen molar-refractivity contribution in [3.05, 3.63) is 120 Å². The van der Waals surface area contributed by atoms with Crippen molar-refractivity contribution >= 4 is 27.5 Å². The van der Waals surface area contributed by atoms with Crippen LogP contribution in [0.1, 0.15) is 30.5 Å². The summed E-state index contributed by atoms with van der Waals surface area (Å²) in [4.78, 5) is 30.1. The topological polar surface area (TPSA) is 105 Å². The summed E-state index contributed by atoms with van der Waals surface area (Å²) in [5, 5.41) is 3.01. The fourth-order valence-electron chi connectivity index (χ4n) is 5.21. The molecule has 1 atom stereocenters. The lowest BCUT2D eigenvalue weighted by molar-refractivity contribution is -0.140. The van der Waals surface area contributed by atoms with Gasteiger partial charge in [0, 0.05) is 25.6 Å². The number of sulfonamides is 1. The molecule has 0 aliphatic carbocycles. The van der Waals surface area contributed by atoms with Crippen molar-refractivity contribution in [2.45, 2.75) is 44.7 Å². The van der Waals surface area contributed by atoms with Crippen LogP contribution in [-0.2, 0) is 32.6 Å². The molecule has 248 valence electrons. The molecule has 9 nitrogen and oxygen atoms in total. The van der Waals surface area contributed by atoms with E-state index < -0.39 is 28.5 Å². The smallest absolute Gasteiger partial charge is 0.264 e. The molecule has 0 heterocycles. The molecule has 0 fully saturated rings. The Hall–Kier alpha value is -4.83. The Morgan fingerprint density at radius 2 is 1.43 bits per heavy atom. The second kappa shape index (κ2) is 16.1. The molecule has 4 aromatic carbocycles. The molecule has 0 aromatic heterocycles. The van der Waals surface area contributed by atoms with Gasteiger partial charge in [0.1, 0.15) is 12.6 Å². The highest BCUT2D eigenvalue weighted by Gasteiger charge is 2.35. The Morgan fingerprint density at radius 1 is 0.787 bits per heavy atom. The largest absolute Gasteiger partial charge is 0.493 e. The second-order valence-electron chi connectivity index (χ2n) is 11.7. The van der Waals surface area contributed by atoms with Gasteiger partial charge in [-0.25, -0.2) is 8.42 Å². The Kier molecular flexibility index (Phi) is 12.0. The molecule has 4 aromatic rings. The molecular formula is C37H43N3O6S. The van der Waals surface area contributed by atoms with Gasteiger partial charge in [-0.1, -0.05) is 92.2 Å². The number of carbonyl (C=O) groups excluding carboxylic acids is 2. The molecule has 4 rings (SSSR count). The first kappa shape index (κ1) is 35.0. The first-order valence-electron chi connectivity index (χ1n) is 15.5. The predicted octanol–water partition coefficient (Wildman–Crippen LogP) is 5.62. The lowest BCUT2D eigenvalue weighted by atomic mass is 10.0. The van der Waals surface area contributed by atoms with Gasteiger partial charge < -0.3 is 19.7 Å². The number of rotatable bonds is 15. The number of hydrogen-bond acceptors (Lipinski definition) is 6. The van der Waals surface area contributed by atoms with E-state index in [4.69, 9.17) is 9.47 Å². The molecule has 0 aliphatic rings. The third kappa shape index (κ3) is 9.13. The van der Waals surface area contributed by atoms with Crippen LogP contribution in [0.4, 0.5) is 5.69 Å². The molecule has 0 spiro atoms. The van der Waals surface area contributed by atoms with Gasteiger partial charge in [0.2, 0.25) is 11.8 Å². The highest BCUT2D eigenvalue weighted by molar-refractivity contribution is 7.92. The van der Waals surface area contributed by atoms with E-state index in [1.165, 1.54) is 37.3 Å². The molecule has 0 unspecified atom stereocenters. The summed E-state index contributed by atoms with van der Waals surface area (Å²) < 4.78 is 40.4. The molecule has 0 bridgehead atoms. The normalized spacial score (nSPS) is 11.9. The fourth-order valence-corrected chi connectivity index (χ4v) is 6.64. The number of amides is 2. The van der Waals surface area contributed by atoms with Crippen molar-refractivity contribution in [2.24, 2.45) is 5.92 Å². The monoisotopic (exact) mass is 657 g/mol. The number of ether oxygens (including phenoxy) is 2. The first-order valence-corrected chi connectivity index (χ1v) is 16.9. The van der Waals surface area contributed by atoms with E-state index in [-0.39, 0.29) is 35.4 Å². The zero-order chi connectivity index (χ0) is 34.0. The van der Waals surface area contributed by atoms with Crippen LogP contribution in [0.3, 0.4) is 0 Å². The van der Waals surface area contributed by atoms with Gasteiger partial charge in [-0.2, -0.15) is 0 Å². The van der Waals surface area contributed by atoms with Crippen molar-refractivity contribution in [2.75, 3.05) is 31.6 Å². The third-order valence-corrected chi connectivity index (χ3v) is 9.44. The number of nitrogens with one attached hydrogen (secondary N) is 1. The van der Waals surface area contributed by atoms with Crippen LogP contribution < -0.4 is 19.1 Å². The van der Waals surface area contributed by atoms with Gasteiger partial charge >= 0.3 is 0 Å². The second-order valence-corrected chi connectivity index (χ2v) is 13.6. The van der Waals surface area contributed by atoms with Crippen molar-refractivity contribution in [1.29, 1.82) is 0 Å². The summed E-state index contributed by atoms with van der Waals surface area (Å²) in [5.74, 6) is 0.0465. The summed E-state index contributed by atoms with van der Waals surface area (Å²) >= 11 is 0. The van der Waals surface area contributed by atoms with Crippen molar-refractivity contribution in [3.8, 4) is 11.5 Å². The number of nitrogens with zero attached hydrogens (tertiary/aromatic N) is 2. The standard InChI is InChI=1S/C37H43N3O6S/c1-27(2)24-38-37(42)33(22-29-14-8-6-9-15-29)39(25-30-16-12-13-28(3)21-30)36(41)26-40(47(43,44)32-17-10-7-11-18-32)31-19-20-34(45-4)35(23-31)46-5/h6-21,23,27,33H,22,24-26H2,1-5H3,(H,38,42)/t33-/m1/s1. The zero-order valence-corrected chi connectivity index (χ0v) is 28.4. The molecule has 47 heavy (non-hydrogen) atoms. The SMILES string of the molecule is COc1ccc(N(CC(=O)N(Cc2cccc(C)c2)[C@H](Cc2ccccc2)C(=O)NCC(C)C)S(=O)(=O)c2ccccc2)cc1OC. The highest BCUT2D eigenvalue weighted by atomic mass is 32.2. The van der Waals surface area contributed by atoms with E-state index in [2.05, 4.69) is 5.32 Å². The number of methoxy groups -OCH3 is 2. The van der Waals surface area contributed by atoms with Crippen LogP contribution in [0.5, 0.6) is 11.5 Å². The van der Waals surface area contributed by atoms with E-state index in [1.807, 2.05) is 75.4 Å². The van der Waals surface area contributed by atoms with E-state index in [0.717, 1.165) is 21.0 Å². The van der Waals surface area contributed by atoms with E-state index in [1.54, 1.807) is 30.3 Å². The minimum Gasteiger partial charge on any atom is -0.493 e. The number of aryl methyl sites for hydroxylation is 1. The average Bonchev–Trinajstić information content (AvgIpc) is 3.08. The molecule has 0 saturated heterocycles. The molecule has 2 amide bonds. The van der Waals surface area contributed by atoms with Crippen LogP contribution in [-0.4, -0.2) is 58.5 Å². The van der Waals surface area contributed by atoms with Gasteiger partial charge in [0.25, 0.3) is 10.0 Å². The maximum atomic E-state index is 14.6. The summed E-state index contributed by atoms with van der Waals surface area (Å²) in [6.07, 6.45) is 0.240. The molecule has 0 radical (unpaired) electrons. The molecule has 10 heteroatoms. The van der Waals surface area contributed by atoms with Crippen LogP contribution in [0.15, 0.2) is 108 Å². The minimum atomic E-state index is -4.24. The van der Waals surface area contributed by atoms with E-state index >= 15 is 0 Å². The maximum absolute atomic E-state index is 14.6. The summed E-state index contributed by atoms with van der Waals surface area (Å²) in [7, 11) is -1.30. The zero-order valence-electron chi connectivity index (χ0n) is 27.6. The van der Waals surface area contributed by atoms with E-state index in [9.17, 15) is 18.0 Å². The summed E-state index contributed by atoms with van der Waals surface area (Å²) in [6, 6.07) is 28.9. The van der Waals surface area contributed by atoms with Gasteiger partial charge in [-0.3, -0.25) is 13.9 Å². The third-order valence-electron chi connectivity index (χ3n) is 7.66. The molecule has 0 saturated carbocycles. The predicted molar refractivity (Wildman–Crippen MR) is 184 cm³/mol. The van der Waals surface area contributed by atoms with Gasteiger partial charge in [-0.05, 0) is 48.2 Å². The quantitative estimate of drug-likeness (QED) is 0.178. The number of hydrogen-bond donors (Lipinski definition) is 1. The van der Waals surface area contributed by atoms with Crippen LogP contribution in [0.25, 0.3) is 0 Å². The van der Waals surface area contributed by atoms with Crippen molar-refractivity contribution in [1.82, 2.24) is 10.2 Å². The Labute approximate surface area is 278 Å². The maximum Gasteiger partial charge on any atom is 0.264 e. The van der Waals surface area contributed by atoms with Crippen LogP contribution >= 0.6 is 0 Å². The number of carbonyl (C=O) groups is 2. The Bertz CT molecular complexity index is 1750. The van der Waals surface area contributed by atoms with Gasteiger partial charge in [-0.15, -0.1) is 0 Å². The molecule has 0 aliphatic heterocycles. The minimum absolute atomic E-state index is 0.0170. The molecule has 1 N–H and O–H groups in total.